The number of alkyl halides is 3. The van der Waals surface area contributed by atoms with Crippen LogP contribution in [0.5, 0.6) is 0 Å². The number of aromatic nitrogens is 2. The van der Waals surface area contributed by atoms with Crippen LogP contribution < -0.4 is 10.3 Å². The van der Waals surface area contributed by atoms with E-state index < -0.39 is 11.9 Å². The first-order valence-corrected chi connectivity index (χ1v) is 10.6. The van der Waals surface area contributed by atoms with Crippen molar-refractivity contribution >= 4 is 23.6 Å². The first kappa shape index (κ1) is 24.1. The summed E-state index contributed by atoms with van der Waals surface area (Å²) in [5.41, 5.74) is 4.30. The molecule has 1 aliphatic rings. The van der Waals surface area contributed by atoms with Crippen molar-refractivity contribution < 1.29 is 22.8 Å². The second-order valence-electron chi connectivity index (χ2n) is 7.26. The van der Waals surface area contributed by atoms with Gasteiger partial charge in [-0.25, -0.2) is 9.69 Å². The summed E-state index contributed by atoms with van der Waals surface area (Å²) in [6.45, 7) is 2.00. The van der Waals surface area contributed by atoms with E-state index in [2.05, 4.69) is 15.4 Å². The highest BCUT2D eigenvalue weighted by atomic mass is 32.2. The maximum absolute atomic E-state index is 13.3. The number of amides is 1. The van der Waals surface area contributed by atoms with Crippen molar-refractivity contribution in [2.45, 2.75) is 25.9 Å². The number of allylic oxidation sites excluding steroid dienone is 4. The zero-order valence-corrected chi connectivity index (χ0v) is 18.7. The van der Waals surface area contributed by atoms with Crippen molar-refractivity contribution in [2.24, 2.45) is 0 Å². The Morgan fingerprint density at radius 1 is 1.25 bits per heavy atom. The molecule has 32 heavy (non-hydrogen) atoms. The topological polar surface area (TPSA) is 71.4 Å². The molecule has 1 amide bonds. The average Bonchev–Trinajstić information content (AvgIpc) is 3.19. The number of benzene rings is 1. The van der Waals surface area contributed by atoms with Crippen LogP contribution in [0.2, 0.25) is 0 Å². The van der Waals surface area contributed by atoms with Gasteiger partial charge in [-0.05, 0) is 49.9 Å². The predicted molar refractivity (Wildman–Crippen MR) is 118 cm³/mol. The monoisotopic (exact) mass is 467 g/mol. The molecule has 0 aliphatic heterocycles. The van der Waals surface area contributed by atoms with Crippen LogP contribution >= 0.6 is 11.9 Å². The normalized spacial score (nSPS) is 14.3. The van der Waals surface area contributed by atoms with Crippen LogP contribution in [0, 0.1) is 6.92 Å². The Morgan fingerprint density at radius 2 is 1.97 bits per heavy atom. The van der Waals surface area contributed by atoms with E-state index in [0.29, 0.717) is 29.8 Å². The number of halogens is 3. The van der Waals surface area contributed by atoms with Crippen molar-refractivity contribution in [3.8, 4) is 11.3 Å². The first-order chi connectivity index (χ1) is 15.2. The summed E-state index contributed by atoms with van der Waals surface area (Å²) >= 11 is 1.19. The summed E-state index contributed by atoms with van der Waals surface area (Å²) in [7, 11) is 3.11. The maximum atomic E-state index is 13.3. The molecule has 0 saturated carbocycles. The van der Waals surface area contributed by atoms with Crippen LogP contribution in [0.1, 0.15) is 24.1 Å². The average molecular weight is 468 g/mol. The minimum atomic E-state index is -4.54. The maximum Gasteiger partial charge on any atom is 0.435 e. The van der Waals surface area contributed by atoms with E-state index >= 15 is 0 Å². The van der Waals surface area contributed by atoms with Gasteiger partial charge in [0.15, 0.2) is 5.69 Å². The van der Waals surface area contributed by atoms with Crippen LogP contribution in [-0.2, 0) is 15.8 Å². The van der Waals surface area contributed by atoms with E-state index in [-0.39, 0.29) is 12.5 Å². The fourth-order valence-electron chi connectivity index (χ4n) is 3.10. The Labute approximate surface area is 188 Å². The van der Waals surface area contributed by atoms with Crippen LogP contribution in [0.15, 0.2) is 47.4 Å². The minimum Gasteiger partial charge on any atom is -0.295 e. The van der Waals surface area contributed by atoms with Gasteiger partial charge in [0.2, 0.25) is 5.91 Å². The molecule has 1 aromatic heterocycles. The fourth-order valence-corrected chi connectivity index (χ4v) is 3.75. The molecule has 1 heterocycles. The van der Waals surface area contributed by atoms with Crippen molar-refractivity contribution in [2.75, 3.05) is 20.7 Å². The van der Waals surface area contributed by atoms with Gasteiger partial charge >= 0.3 is 6.18 Å². The number of aryl methyl sites for hydroxylation is 1. The largest absolute Gasteiger partial charge is 0.435 e. The quantitative estimate of drug-likeness (QED) is 0.449. The number of carbonyl (C=O) groups is 1. The van der Waals surface area contributed by atoms with E-state index in [1.165, 1.54) is 28.7 Å². The Bertz CT molecular complexity index is 1020. The lowest BCUT2D eigenvalue weighted by molar-refractivity contribution is -0.141. The standard InChI is InChI=1S/C21H24F3N5O2S/c1-14-4-6-15(7-5-14)18-12-19(21(22,23)24)25-29(18)16-8-10-17(11-9-16)32-26-20(30)13-28(2)27-31-3/h4-8,10,12,27H,9,11,13H2,1-3H3,(H,26,30). The highest BCUT2D eigenvalue weighted by molar-refractivity contribution is 8.01. The molecule has 3 rings (SSSR count). The van der Waals surface area contributed by atoms with Gasteiger partial charge in [-0.15, -0.1) is 5.59 Å². The van der Waals surface area contributed by atoms with Gasteiger partial charge in [0.1, 0.15) is 0 Å². The minimum absolute atomic E-state index is 0.0859. The summed E-state index contributed by atoms with van der Waals surface area (Å²) in [5.74, 6) is -0.221. The molecule has 0 unspecified atom stereocenters. The highest BCUT2D eigenvalue weighted by Gasteiger charge is 2.35. The van der Waals surface area contributed by atoms with Gasteiger partial charge < -0.3 is 0 Å². The zero-order valence-electron chi connectivity index (χ0n) is 17.9. The van der Waals surface area contributed by atoms with Gasteiger partial charge in [0.05, 0.1) is 19.3 Å². The van der Waals surface area contributed by atoms with E-state index in [4.69, 9.17) is 4.84 Å². The molecule has 0 bridgehead atoms. The van der Waals surface area contributed by atoms with Crippen molar-refractivity contribution in [3.05, 3.63) is 58.6 Å². The number of likely N-dealkylation sites (N-methyl/N-ethyl adjacent to an activating group) is 1. The molecule has 2 aromatic rings. The van der Waals surface area contributed by atoms with Crippen LogP contribution in [0.3, 0.4) is 0 Å². The lowest BCUT2D eigenvalue weighted by Crippen LogP contribution is -2.40. The lowest BCUT2D eigenvalue weighted by atomic mass is 10.1. The van der Waals surface area contributed by atoms with Crippen molar-refractivity contribution in [1.29, 1.82) is 0 Å². The number of nitrogens with zero attached hydrogens (tertiary/aromatic N) is 3. The van der Waals surface area contributed by atoms with Gasteiger partial charge in [0, 0.05) is 23.2 Å². The summed E-state index contributed by atoms with van der Waals surface area (Å²) in [5, 5.41) is 5.32. The van der Waals surface area contributed by atoms with E-state index in [0.717, 1.165) is 16.5 Å². The molecular weight excluding hydrogens is 443 g/mol. The highest BCUT2D eigenvalue weighted by Crippen LogP contribution is 2.35. The van der Waals surface area contributed by atoms with E-state index in [9.17, 15) is 18.0 Å². The van der Waals surface area contributed by atoms with Crippen LogP contribution in [0.4, 0.5) is 13.2 Å². The number of rotatable bonds is 8. The molecular formula is C21H24F3N5O2S. The third-order valence-corrected chi connectivity index (χ3v) is 5.56. The van der Waals surface area contributed by atoms with E-state index in [1.807, 2.05) is 19.1 Å². The second kappa shape index (κ2) is 10.3. The number of carbonyl (C=O) groups excluding carboxylic acids is 1. The molecule has 7 nitrogen and oxygen atoms in total. The summed E-state index contributed by atoms with van der Waals surface area (Å²) < 4.78 is 44.1. The summed E-state index contributed by atoms with van der Waals surface area (Å²) in [6.07, 6.45) is 0.0389. The Balaban J connectivity index is 1.77. The summed E-state index contributed by atoms with van der Waals surface area (Å²) in [6, 6.07) is 8.35. The zero-order chi connectivity index (χ0) is 23.3. The number of hydrazine groups is 1. The van der Waals surface area contributed by atoms with Crippen LogP contribution in [-0.4, -0.2) is 41.4 Å². The molecule has 172 valence electrons. The first-order valence-electron chi connectivity index (χ1n) is 9.77. The van der Waals surface area contributed by atoms with Crippen molar-refractivity contribution in [3.63, 3.8) is 0 Å². The molecule has 1 aliphatic carbocycles. The summed E-state index contributed by atoms with van der Waals surface area (Å²) in [4.78, 5) is 17.6. The van der Waals surface area contributed by atoms with E-state index in [1.54, 1.807) is 31.3 Å². The number of hydrogen-bond donors (Lipinski definition) is 2. The second-order valence-corrected chi connectivity index (χ2v) is 8.19. The Morgan fingerprint density at radius 3 is 2.56 bits per heavy atom. The smallest absolute Gasteiger partial charge is 0.295 e. The Hall–Kier alpha value is -2.60. The molecule has 1 aromatic carbocycles. The SMILES string of the molecule is CONN(C)CC(=O)NSC1=CC=C(n2nc(C(F)(F)F)cc2-c2ccc(C)cc2)CC1. The number of nitrogens with one attached hydrogen (secondary N) is 2. The van der Waals surface area contributed by atoms with Gasteiger partial charge in [0.25, 0.3) is 0 Å². The molecule has 0 atom stereocenters. The molecule has 11 heteroatoms. The third-order valence-electron chi connectivity index (χ3n) is 4.63. The molecule has 0 radical (unpaired) electrons. The predicted octanol–water partition coefficient (Wildman–Crippen LogP) is 4.16. The third kappa shape index (κ3) is 6.22. The molecule has 0 spiro atoms. The molecule has 0 saturated heterocycles. The Kier molecular flexibility index (Phi) is 7.77. The van der Waals surface area contributed by atoms with Gasteiger partial charge in [-0.1, -0.05) is 29.8 Å². The molecule has 2 N–H and O–H groups in total. The van der Waals surface area contributed by atoms with Gasteiger partial charge in [-0.3, -0.25) is 14.4 Å². The van der Waals surface area contributed by atoms with Gasteiger partial charge in [-0.2, -0.15) is 18.3 Å². The lowest BCUT2D eigenvalue weighted by Gasteiger charge is -2.18. The molecule has 0 fully saturated rings. The van der Waals surface area contributed by atoms with Crippen LogP contribution in [0.25, 0.3) is 17.0 Å². The van der Waals surface area contributed by atoms with Crippen molar-refractivity contribution in [1.82, 2.24) is 25.1 Å². The fraction of sp³-hybridized carbons (Fsp3) is 0.333. The number of hydrogen-bond acceptors (Lipinski definition) is 6.